The first kappa shape index (κ1) is 11.7. The molecule has 0 aromatic rings. The van der Waals surface area contributed by atoms with Crippen LogP contribution in [-0.2, 0) is 0 Å². The van der Waals surface area contributed by atoms with Gasteiger partial charge in [0.1, 0.15) is 0 Å². The highest BCUT2D eigenvalue weighted by atomic mass is 35.5. The van der Waals surface area contributed by atoms with E-state index in [9.17, 15) is 0 Å². The van der Waals surface area contributed by atoms with Crippen molar-refractivity contribution in [3.63, 3.8) is 0 Å². The lowest BCUT2D eigenvalue weighted by Gasteiger charge is -2.18. The molecule has 1 unspecified atom stereocenters. The first-order valence-electron chi connectivity index (χ1n) is 4.51. The largest absolute Gasteiger partial charge is 0.297 e. The number of hydrogen-bond donors (Lipinski definition) is 0. The summed E-state index contributed by atoms with van der Waals surface area (Å²) in [6.45, 7) is 5.34. The smallest absolute Gasteiger partial charge is 0.0434 e. The van der Waals surface area contributed by atoms with Gasteiger partial charge in [0.2, 0.25) is 0 Å². The van der Waals surface area contributed by atoms with E-state index in [0.29, 0.717) is 0 Å². The van der Waals surface area contributed by atoms with Crippen LogP contribution in [0.3, 0.4) is 0 Å². The van der Waals surface area contributed by atoms with Crippen LogP contribution >= 0.6 is 35.0 Å². The summed E-state index contributed by atoms with van der Waals surface area (Å²) < 4.78 is 0. The van der Waals surface area contributed by atoms with Crippen molar-refractivity contribution in [1.29, 1.82) is 0 Å². The van der Waals surface area contributed by atoms with Gasteiger partial charge in [-0.3, -0.25) is 4.90 Å². The first-order chi connectivity index (χ1) is 6.22. The molecule has 0 radical (unpaired) electrons. The molecule has 0 aliphatic carbocycles. The van der Waals surface area contributed by atoms with Gasteiger partial charge in [-0.05, 0) is 13.0 Å². The Morgan fingerprint density at radius 3 is 3.08 bits per heavy atom. The molecule has 1 atom stereocenters. The van der Waals surface area contributed by atoms with E-state index in [1.807, 2.05) is 11.8 Å². The van der Waals surface area contributed by atoms with E-state index in [2.05, 4.69) is 11.8 Å². The van der Waals surface area contributed by atoms with Gasteiger partial charge >= 0.3 is 0 Å². The summed E-state index contributed by atoms with van der Waals surface area (Å²) in [6, 6.07) is 0. The van der Waals surface area contributed by atoms with Crippen molar-refractivity contribution in [2.24, 2.45) is 0 Å². The maximum absolute atomic E-state index is 5.87. The Morgan fingerprint density at radius 2 is 2.38 bits per heavy atom. The third-order valence-corrected chi connectivity index (χ3v) is 3.98. The molecule has 1 saturated heterocycles. The summed E-state index contributed by atoms with van der Waals surface area (Å²) in [5.41, 5.74) is 1.46. The van der Waals surface area contributed by atoms with Gasteiger partial charge in [-0.1, -0.05) is 30.1 Å². The van der Waals surface area contributed by atoms with Crippen LogP contribution in [0.5, 0.6) is 0 Å². The first-order valence-corrected chi connectivity index (χ1v) is 6.37. The summed E-state index contributed by atoms with van der Waals surface area (Å²) in [5, 5.41) is 1.52. The molecule has 0 N–H and O–H groups in total. The molecule has 0 aromatic heterocycles. The molecule has 1 nitrogen and oxygen atoms in total. The minimum absolute atomic E-state index is 0.737. The topological polar surface area (TPSA) is 3.24 Å². The summed E-state index contributed by atoms with van der Waals surface area (Å²) >= 11 is 13.4. The molecule has 0 spiro atoms. The second kappa shape index (κ2) is 6.18. The zero-order valence-corrected chi connectivity index (χ0v) is 10.1. The Labute approximate surface area is 94.5 Å². The van der Waals surface area contributed by atoms with E-state index in [0.717, 1.165) is 29.9 Å². The molecule has 13 heavy (non-hydrogen) atoms. The predicted octanol–water partition coefficient (Wildman–Crippen LogP) is 3.13. The number of thioether (sulfide) groups is 1. The van der Waals surface area contributed by atoms with E-state index in [4.69, 9.17) is 23.2 Å². The van der Waals surface area contributed by atoms with Crippen LogP contribution in [0.15, 0.2) is 10.6 Å². The van der Waals surface area contributed by atoms with Crippen molar-refractivity contribution in [1.82, 2.24) is 4.90 Å². The third kappa shape index (κ3) is 4.59. The molecule has 1 aliphatic heterocycles. The fourth-order valence-corrected chi connectivity index (χ4v) is 2.62. The van der Waals surface area contributed by atoms with Gasteiger partial charge in [-0.15, -0.1) is 0 Å². The predicted molar refractivity (Wildman–Crippen MR) is 62.8 cm³/mol. The van der Waals surface area contributed by atoms with E-state index in [1.54, 1.807) is 0 Å². The lowest BCUT2D eigenvalue weighted by Crippen LogP contribution is -2.27. The highest BCUT2D eigenvalue weighted by Gasteiger charge is 2.14. The molecule has 1 fully saturated rings. The van der Waals surface area contributed by atoms with Crippen molar-refractivity contribution in [3.8, 4) is 0 Å². The van der Waals surface area contributed by atoms with Crippen LogP contribution < -0.4 is 0 Å². The molecule has 0 amide bonds. The van der Waals surface area contributed by atoms with Crippen LogP contribution in [0.4, 0.5) is 0 Å². The summed E-state index contributed by atoms with van der Waals surface area (Å²) in [7, 11) is 0. The lowest BCUT2D eigenvalue weighted by atomic mass is 10.3. The van der Waals surface area contributed by atoms with Gasteiger partial charge in [0, 0.05) is 34.7 Å². The Morgan fingerprint density at radius 1 is 1.62 bits per heavy atom. The van der Waals surface area contributed by atoms with Gasteiger partial charge in [-0.2, -0.15) is 11.8 Å². The monoisotopic (exact) mass is 239 g/mol. The minimum Gasteiger partial charge on any atom is -0.297 e. The van der Waals surface area contributed by atoms with E-state index >= 15 is 0 Å². The van der Waals surface area contributed by atoms with E-state index < -0.39 is 0 Å². The lowest BCUT2D eigenvalue weighted by molar-refractivity contribution is 0.320. The molecular formula is C9H15Cl2NS. The van der Waals surface area contributed by atoms with Gasteiger partial charge in [0.05, 0.1) is 0 Å². The van der Waals surface area contributed by atoms with Crippen molar-refractivity contribution in [3.05, 3.63) is 10.6 Å². The van der Waals surface area contributed by atoms with Gasteiger partial charge < -0.3 is 0 Å². The maximum Gasteiger partial charge on any atom is 0.0434 e. The number of halogens is 2. The van der Waals surface area contributed by atoms with Crippen LogP contribution in [0.1, 0.15) is 13.3 Å². The average molecular weight is 240 g/mol. The molecule has 0 saturated carbocycles. The van der Waals surface area contributed by atoms with E-state index in [1.165, 1.54) is 17.7 Å². The van der Waals surface area contributed by atoms with Crippen molar-refractivity contribution >= 4 is 35.0 Å². The number of nitrogens with zero attached hydrogens (tertiary/aromatic N) is 1. The Hall–Kier alpha value is 0.630. The Balaban J connectivity index is 2.34. The van der Waals surface area contributed by atoms with Crippen LogP contribution in [0.25, 0.3) is 0 Å². The number of hydrogen-bond acceptors (Lipinski definition) is 2. The molecule has 1 heterocycles. The Bertz CT molecular complexity index is 184. The van der Waals surface area contributed by atoms with Gasteiger partial charge in [0.15, 0.2) is 0 Å². The van der Waals surface area contributed by atoms with Crippen LogP contribution in [0.2, 0.25) is 0 Å². The van der Waals surface area contributed by atoms with Gasteiger partial charge in [0.25, 0.3) is 0 Å². The zero-order chi connectivity index (χ0) is 9.68. The molecular weight excluding hydrogens is 225 g/mol. The second-order valence-electron chi connectivity index (χ2n) is 3.30. The summed E-state index contributed by atoms with van der Waals surface area (Å²) in [5.74, 6) is 1.20. The molecule has 0 bridgehead atoms. The second-order valence-corrected chi connectivity index (χ2v) is 5.55. The van der Waals surface area contributed by atoms with Gasteiger partial charge in [-0.25, -0.2) is 0 Å². The fourth-order valence-electron chi connectivity index (χ4n) is 1.35. The quantitative estimate of drug-likeness (QED) is 0.729. The maximum atomic E-state index is 5.87. The summed E-state index contributed by atoms with van der Waals surface area (Å²) in [6.07, 6.45) is 1.25. The van der Waals surface area contributed by atoms with Crippen molar-refractivity contribution in [2.45, 2.75) is 18.6 Å². The van der Waals surface area contributed by atoms with Crippen LogP contribution in [0, 0.1) is 0 Å². The highest BCUT2D eigenvalue weighted by molar-refractivity contribution is 7.99. The molecule has 4 heteroatoms. The average Bonchev–Trinajstić information content (AvgIpc) is 2.31. The van der Waals surface area contributed by atoms with Crippen molar-refractivity contribution in [2.75, 3.05) is 25.4 Å². The van der Waals surface area contributed by atoms with Crippen LogP contribution in [-0.4, -0.2) is 35.5 Å². The SMILES string of the molecule is CC1CCN(C/C(Cl)=C/Cl)CCS1. The third-order valence-electron chi connectivity index (χ3n) is 2.15. The normalized spacial score (nSPS) is 27.3. The van der Waals surface area contributed by atoms with Crippen molar-refractivity contribution < 1.29 is 0 Å². The number of rotatable bonds is 2. The molecule has 0 aromatic carbocycles. The molecule has 1 rings (SSSR count). The standard InChI is InChI=1S/C9H15Cl2NS/c1-8-2-3-12(4-5-13-8)7-9(11)6-10/h6,8H,2-5,7H2,1H3/b9-6-. The fraction of sp³-hybridized carbons (Fsp3) is 0.778. The molecule has 76 valence electrons. The highest BCUT2D eigenvalue weighted by Crippen LogP contribution is 2.19. The Kier molecular flexibility index (Phi) is 5.56. The minimum atomic E-state index is 0.737. The van der Waals surface area contributed by atoms with E-state index in [-0.39, 0.29) is 0 Å². The molecule has 1 aliphatic rings. The summed E-state index contributed by atoms with van der Waals surface area (Å²) in [4.78, 5) is 2.36. The zero-order valence-electron chi connectivity index (χ0n) is 7.80.